The molecule has 1 N–H and O–H groups in total. The highest BCUT2D eigenvalue weighted by Gasteiger charge is 2.42. The maximum atomic E-state index is 12.8. The molecule has 1 fully saturated rings. The molecule has 1 unspecified atom stereocenters. The van der Waals surface area contributed by atoms with Gasteiger partial charge in [0.1, 0.15) is 6.54 Å². The lowest BCUT2D eigenvalue weighted by atomic mass is 10.1. The molecule has 0 aliphatic carbocycles. The molecule has 1 aliphatic heterocycles. The van der Waals surface area contributed by atoms with E-state index in [9.17, 15) is 14.8 Å². The zero-order valence-corrected chi connectivity index (χ0v) is 14.1. The fraction of sp³-hybridized carbons (Fsp3) is 0.200. The second kappa shape index (κ2) is 5.83. The number of carbonyl (C=O) groups is 2. The first-order valence-corrected chi connectivity index (χ1v) is 8.28. The molecular weight excluding hydrogens is 368 g/mol. The summed E-state index contributed by atoms with van der Waals surface area (Å²) in [5.41, 5.74) is 1.37. The molecule has 22 heavy (non-hydrogen) atoms. The van der Waals surface area contributed by atoms with Gasteiger partial charge >= 0.3 is 0 Å². The van der Waals surface area contributed by atoms with Crippen molar-refractivity contribution < 1.29 is 14.8 Å². The molecule has 2 amide bonds. The molecule has 7 heteroatoms. The van der Waals surface area contributed by atoms with Crippen LogP contribution in [-0.2, 0) is 4.79 Å². The lowest BCUT2D eigenvalue weighted by molar-refractivity contribution is -0.168. The molecule has 5 nitrogen and oxygen atoms in total. The minimum absolute atomic E-state index is 0.135. The van der Waals surface area contributed by atoms with Crippen LogP contribution in [0, 0.1) is 6.92 Å². The van der Waals surface area contributed by atoms with Crippen LogP contribution in [0.1, 0.15) is 27.0 Å². The van der Waals surface area contributed by atoms with Crippen LogP contribution in [0.3, 0.4) is 0 Å². The highest BCUT2D eigenvalue weighted by Crippen LogP contribution is 2.35. The van der Waals surface area contributed by atoms with Crippen molar-refractivity contribution in [2.24, 2.45) is 0 Å². The molecule has 1 aromatic heterocycles. The fourth-order valence-electron chi connectivity index (χ4n) is 2.46. The van der Waals surface area contributed by atoms with Gasteiger partial charge in [0.05, 0.1) is 4.88 Å². The van der Waals surface area contributed by atoms with E-state index in [1.807, 2.05) is 24.4 Å². The Hall–Kier alpha value is -1.70. The van der Waals surface area contributed by atoms with E-state index in [1.54, 1.807) is 18.2 Å². The highest BCUT2D eigenvalue weighted by atomic mass is 79.9. The van der Waals surface area contributed by atoms with E-state index in [1.165, 1.54) is 16.2 Å². The summed E-state index contributed by atoms with van der Waals surface area (Å²) in [6.07, 6.45) is -0.782. The number of hydroxylamine groups is 2. The first-order chi connectivity index (χ1) is 10.5. The van der Waals surface area contributed by atoms with Crippen molar-refractivity contribution in [3.8, 4) is 0 Å². The van der Waals surface area contributed by atoms with E-state index in [4.69, 9.17) is 0 Å². The van der Waals surface area contributed by atoms with E-state index in [0.29, 0.717) is 10.6 Å². The average Bonchev–Trinajstić information content (AvgIpc) is 3.03. The van der Waals surface area contributed by atoms with Gasteiger partial charge in [0.2, 0.25) is 0 Å². The van der Waals surface area contributed by atoms with Crippen LogP contribution in [-0.4, -0.2) is 33.5 Å². The van der Waals surface area contributed by atoms with Crippen LogP contribution in [0.5, 0.6) is 0 Å². The molecule has 1 aromatic carbocycles. The maximum absolute atomic E-state index is 12.8. The number of amides is 2. The van der Waals surface area contributed by atoms with Gasteiger partial charge in [0.25, 0.3) is 11.8 Å². The van der Waals surface area contributed by atoms with Gasteiger partial charge in [0, 0.05) is 15.4 Å². The standard InChI is InChI=1S/C15H13BrN2O3S/c1-9-4-2-3-5-11(9)15(20)17-7-13(19)18(21)14(17)12-6-10(16)8-22-12/h2-6,8,14,21H,7H2,1H3. The predicted octanol–water partition coefficient (Wildman–Crippen LogP) is 3.19. The second-order valence-electron chi connectivity index (χ2n) is 5.03. The van der Waals surface area contributed by atoms with Gasteiger partial charge in [-0.05, 0) is 40.5 Å². The number of rotatable bonds is 2. The summed E-state index contributed by atoms with van der Waals surface area (Å²) < 4.78 is 0.850. The minimum atomic E-state index is -0.782. The van der Waals surface area contributed by atoms with Crippen LogP contribution < -0.4 is 0 Å². The smallest absolute Gasteiger partial charge is 0.267 e. The van der Waals surface area contributed by atoms with Crippen LogP contribution in [0.4, 0.5) is 0 Å². The molecule has 2 aromatic rings. The number of benzene rings is 1. The van der Waals surface area contributed by atoms with Gasteiger partial charge in [-0.15, -0.1) is 11.3 Å². The number of aryl methyl sites for hydroxylation is 1. The third kappa shape index (κ3) is 2.55. The zero-order valence-electron chi connectivity index (χ0n) is 11.7. The lowest BCUT2D eigenvalue weighted by Gasteiger charge is -2.25. The van der Waals surface area contributed by atoms with Crippen molar-refractivity contribution in [2.75, 3.05) is 6.54 Å². The quantitative estimate of drug-likeness (QED) is 0.813. The summed E-state index contributed by atoms with van der Waals surface area (Å²) in [5.74, 6) is -0.756. The average molecular weight is 381 g/mol. The molecule has 0 radical (unpaired) electrons. The maximum Gasteiger partial charge on any atom is 0.267 e. The first-order valence-electron chi connectivity index (χ1n) is 6.60. The van der Waals surface area contributed by atoms with Crippen molar-refractivity contribution in [1.82, 2.24) is 9.96 Å². The molecule has 0 saturated carbocycles. The Bertz CT molecular complexity index is 746. The topological polar surface area (TPSA) is 60.9 Å². The van der Waals surface area contributed by atoms with Gasteiger partial charge in [-0.25, -0.2) is 0 Å². The number of hydrogen-bond acceptors (Lipinski definition) is 4. The van der Waals surface area contributed by atoms with Crippen molar-refractivity contribution >= 4 is 39.1 Å². The highest BCUT2D eigenvalue weighted by molar-refractivity contribution is 9.10. The van der Waals surface area contributed by atoms with Gasteiger partial charge in [-0.1, -0.05) is 18.2 Å². The predicted molar refractivity (Wildman–Crippen MR) is 85.6 cm³/mol. The molecule has 1 atom stereocenters. The number of halogens is 1. The van der Waals surface area contributed by atoms with Crippen molar-refractivity contribution in [2.45, 2.75) is 13.1 Å². The minimum Gasteiger partial charge on any atom is -0.302 e. The fourth-order valence-corrected chi connectivity index (χ4v) is 4.00. The van der Waals surface area contributed by atoms with Gasteiger partial charge in [-0.3, -0.25) is 14.8 Å². The summed E-state index contributed by atoms with van der Waals surface area (Å²) in [6, 6.07) is 9.01. The Morgan fingerprint density at radius 1 is 1.41 bits per heavy atom. The summed E-state index contributed by atoms with van der Waals surface area (Å²) >= 11 is 4.73. The van der Waals surface area contributed by atoms with Gasteiger partial charge in [-0.2, -0.15) is 5.06 Å². The van der Waals surface area contributed by atoms with Crippen LogP contribution in [0.15, 0.2) is 40.2 Å². The largest absolute Gasteiger partial charge is 0.302 e. The Balaban J connectivity index is 1.99. The number of nitrogens with zero attached hydrogens (tertiary/aromatic N) is 2. The Morgan fingerprint density at radius 3 is 2.77 bits per heavy atom. The molecule has 1 saturated heterocycles. The van der Waals surface area contributed by atoms with Crippen molar-refractivity contribution in [3.05, 3.63) is 56.2 Å². The van der Waals surface area contributed by atoms with Gasteiger partial charge in [0.15, 0.2) is 6.17 Å². The van der Waals surface area contributed by atoms with E-state index < -0.39 is 12.1 Å². The summed E-state index contributed by atoms with van der Waals surface area (Å²) in [6.45, 7) is 1.71. The molecule has 1 aliphatic rings. The summed E-state index contributed by atoms with van der Waals surface area (Å²) in [4.78, 5) is 26.8. The van der Waals surface area contributed by atoms with E-state index in [-0.39, 0.29) is 12.5 Å². The molecule has 0 bridgehead atoms. The number of hydrogen-bond donors (Lipinski definition) is 1. The van der Waals surface area contributed by atoms with Crippen LogP contribution in [0.2, 0.25) is 0 Å². The third-order valence-electron chi connectivity index (χ3n) is 3.57. The van der Waals surface area contributed by atoms with E-state index in [2.05, 4.69) is 15.9 Å². The van der Waals surface area contributed by atoms with Crippen molar-refractivity contribution in [1.29, 1.82) is 0 Å². The van der Waals surface area contributed by atoms with Gasteiger partial charge < -0.3 is 4.90 Å². The second-order valence-corrected chi connectivity index (χ2v) is 6.89. The zero-order chi connectivity index (χ0) is 15.9. The van der Waals surface area contributed by atoms with E-state index in [0.717, 1.165) is 14.9 Å². The molecule has 114 valence electrons. The lowest BCUT2D eigenvalue weighted by Crippen LogP contribution is -2.34. The van der Waals surface area contributed by atoms with Crippen molar-refractivity contribution in [3.63, 3.8) is 0 Å². The molecule has 0 spiro atoms. The van der Waals surface area contributed by atoms with Crippen LogP contribution in [0.25, 0.3) is 0 Å². The molecular formula is C15H13BrN2O3S. The SMILES string of the molecule is Cc1ccccc1C(=O)N1CC(=O)N(O)C1c1cc(Br)cs1. The molecule has 3 rings (SSSR count). The normalized spacial score (nSPS) is 18.1. The Morgan fingerprint density at radius 2 is 2.14 bits per heavy atom. The first kappa shape index (κ1) is 15.2. The molecule has 2 heterocycles. The summed E-state index contributed by atoms with van der Waals surface area (Å²) in [7, 11) is 0. The van der Waals surface area contributed by atoms with Crippen LogP contribution >= 0.6 is 27.3 Å². The Labute approximate surface area is 139 Å². The summed E-state index contributed by atoms with van der Waals surface area (Å²) in [5, 5.41) is 12.5. The Kier molecular flexibility index (Phi) is 4.03. The van der Waals surface area contributed by atoms with E-state index >= 15 is 0 Å². The number of thiophene rings is 1. The monoisotopic (exact) mass is 380 g/mol. The third-order valence-corrected chi connectivity index (χ3v) is 5.30. The number of carbonyl (C=O) groups excluding carboxylic acids is 2.